The molecule has 1 fully saturated rings. The maximum absolute atomic E-state index is 12.6. The minimum atomic E-state index is -4.16. The van der Waals surface area contributed by atoms with Crippen LogP contribution in [-0.2, 0) is 8.85 Å². The summed E-state index contributed by atoms with van der Waals surface area (Å²) in [6, 6.07) is -0.0511. The average molecular weight is 330 g/mol. The van der Waals surface area contributed by atoms with Crippen molar-refractivity contribution in [3.8, 4) is 0 Å². The van der Waals surface area contributed by atoms with Crippen LogP contribution in [0.5, 0.6) is 0 Å². The Labute approximate surface area is 121 Å². The molecule has 1 unspecified atom stereocenters. The van der Waals surface area contributed by atoms with Crippen LogP contribution in [0.1, 0.15) is 19.3 Å². The molecule has 20 heavy (non-hydrogen) atoms. The summed E-state index contributed by atoms with van der Waals surface area (Å²) >= 11 is 0. The van der Waals surface area contributed by atoms with Gasteiger partial charge in [0.25, 0.3) is 0 Å². The molecule has 0 aromatic rings. The van der Waals surface area contributed by atoms with Gasteiger partial charge in [-0.2, -0.15) is 13.2 Å². The highest BCUT2D eigenvalue weighted by Crippen LogP contribution is 2.35. The predicted octanol–water partition coefficient (Wildman–Crippen LogP) is 3.51. The number of rotatable bonds is 6. The van der Waals surface area contributed by atoms with Gasteiger partial charge in [0.2, 0.25) is 0 Å². The highest BCUT2D eigenvalue weighted by molar-refractivity contribution is 6.79. The van der Waals surface area contributed by atoms with E-state index < -0.39 is 29.4 Å². The summed E-state index contributed by atoms with van der Waals surface area (Å²) in [5.41, 5.74) is 0.349. The zero-order valence-corrected chi connectivity index (χ0v) is 15.0. The lowest BCUT2D eigenvalue weighted by atomic mass is 10.4. The first kappa shape index (κ1) is 18.2. The molecular formula is C12H26F3NO2Si2. The van der Waals surface area contributed by atoms with Crippen LogP contribution in [0.4, 0.5) is 13.2 Å². The number of hydrogen-bond acceptors (Lipinski definition) is 3. The number of hydrogen-bond donors (Lipinski definition) is 0. The van der Waals surface area contributed by atoms with Crippen molar-refractivity contribution in [2.75, 3.05) is 20.8 Å². The normalized spacial score (nSPS) is 22.5. The van der Waals surface area contributed by atoms with Gasteiger partial charge in [0.05, 0.1) is 8.07 Å². The molecule has 0 saturated carbocycles. The van der Waals surface area contributed by atoms with Crippen molar-refractivity contribution in [1.29, 1.82) is 0 Å². The van der Waals surface area contributed by atoms with Crippen LogP contribution in [0, 0.1) is 0 Å². The van der Waals surface area contributed by atoms with Crippen molar-refractivity contribution in [1.82, 2.24) is 4.57 Å². The molecule has 0 N–H and O–H groups in total. The predicted molar refractivity (Wildman–Crippen MR) is 78.3 cm³/mol. The third-order valence-corrected chi connectivity index (χ3v) is 10.5. The molecule has 120 valence electrons. The van der Waals surface area contributed by atoms with Crippen LogP contribution < -0.4 is 0 Å². The molecule has 1 aliphatic rings. The monoisotopic (exact) mass is 329 g/mol. The van der Waals surface area contributed by atoms with E-state index in [1.165, 1.54) is 14.2 Å². The van der Waals surface area contributed by atoms with E-state index >= 15 is 0 Å². The van der Waals surface area contributed by atoms with Crippen LogP contribution in [0.2, 0.25) is 25.7 Å². The van der Waals surface area contributed by atoms with Gasteiger partial charge >= 0.3 is 14.9 Å². The van der Waals surface area contributed by atoms with Gasteiger partial charge in [0, 0.05) is 32.3 Å². The van der Waals surface area contributed by atoms with Crippen molar-refractivity contribution in [3.63, 3.8) is 0 Å². The van der Waals surface area contributed by atoms with Gasteiger partial charge in [-0.1, -0.05) is 19.6 Å². The van der Waals surface area contributed by atoms with Crippen LogP contribution in [0.15, 0.2) is 0 Å². The second-order valence-electron chi connectivity index (χ2n) is 6.45. The summed E-state index contributed by atoms with van der Waals surface area (Å²) in [4.78, 5) is 0. The van der Waals surface area contributed by atoms with Crippen molar-refractivity contribution >= 4 is 16.8 Å². The molecular weight excluding hydrogens is 303 g/mol. The Kier molecular flexibility index (Phi) is 5.87. The van der Waals surface area contributed by atoms with Crippen LogP contribution in [-0.4, -0.2) is 54.0 Å². The summed E-state index contributed by atoms with van der Waals surface area (Å²) in [5.74, 6) is 0. The van der Waals surface area contributed by atoms with Crippen molar-refractivity contribution < 1.29 is 22.0 Å². The molecule has 0 aromatic carbocycles. The molecule has 0 aromatic heterocycles. The molecule has 3 nitrogen and oxygen atoms in total. The Morgan fingerprint density at radius 1 is 1.15 bits per heavy atom. The number of nitrogens with zero attached hydrogens (tertiary/aromatic N) is 1. The first-order chi connectivity index (χ1) is 9.06. The smallest absolute Gasteiger partial charge is 0.386 e. The molecule has 0 radical (unpaired) electrons. The van der Waals surface area contributed by atoms with Crippen molar-refractivity contribution in [2.24, 2.45) is 0 Å². The van der Waals surface area contributed by atoms with Gasteiger partial charge in [-0.15, -0.1) is 0 Å². The highest BCUT2D eigenvalue weighted by Gasteiger charge is 2.52. The Bertz CT molecular complexity index is 317. The topological polar surface area (TPSA) is 21.7 Å². The minimum Gasteiger partial charge on any atom is -0.386 e. The van der Waals surface area contributed by atoms with E-state index in [9.17, 15) is 13.2 Å². The zero-order valence-electron chi connectivity index (χ0n) is 13.0. The molecule has 1 saturated heterocycles. The van der Waals surface area contributed by atoms with Crippen molar-refractivity contribution in [2.45, 2.75) is 56.8 Å². The van der Waals surface area contributed by atoms with E-state index in [1.54, 1.807) is 0 Å². The minimum absolute atomic E-state index is 0.0511. The SMILES string of the molecule is CO[Si](CCC(F)(F)F)(OC)N1CCCC1[Si](C)(C)C. The molecule has 0 amide bonds. The van der Waals surface area contributed by atoms with Gasteiger partial charge < -0.3 is 8.85 Å². The van der Waals surface area contributed by atoms with E-state index in [0.29, 0.717) is 5.67 Å². The first-order valence-electron chi connectivity index (χ1n) is 6.99. The standard InChI is InChI=1S/C12H26F3NO2Si2/c1-17-20(18-2,10-8-12(13,14)15)16-9-6-7-11(16)19(3,4)5/h11H,6-10H2,1-5H3. The Hall–Kier alpha value is 0.104. The van der Waals surface area contributed by atoms with Gasteiger partial charge in [0.15, 0.2) is 0 Å². The molecule has 1 rings (SSSR count). The van der Waals surface area contributed by atoms with Gasteiger partial charge in [0.1, 0.15) is 0 Å². The number of alkyl halides is 3. The summed E-state index contributed by atoms with van der Waals surface area (Å²) in [6.07, 6.45) is -2.94. The van der Waals surface area contributed by atoms with E-state index in [2.05, 4.69) is 24.2 Å². The lowest BCUT2D eigenvalue weighted by Gasteiger charge is -2.43. The third kappa shape index (κ3) is 4.30. The zero-order chi connectivity index (χ0) is 15.6. The van der Waals surface area contributed by atoms with Crippen LogP contribution in [0.25, 0.3) is 0 Å². The fraction of sp³-hybridized carbons (Fsp3) is 1.00. The fourth-order valence-corrected chi connectivity index (χ4v) is 9.96. The summed E-state index contributed by atoms with van der Waals surface area (Å²) < 4.78 is 51.0. The van der Waals surface area contributed by atoms with Crippen LogP contribution in [0.3, 0.4) is 0 Å². The summed E-state index contributed by atoms with van der Waals surface area (Å²) in [6.45, 7) is 7.55. The maximum Gasteiger partial charge on any atom is 0.427 e. The Morgan fingerprint density at radius 3 is 2.10 bits per heavy atom. The molecule has 0 bridgehead atoms. The summed E-state index contributed by atoms with van der Waals surface area (Å²) in [5, 5.41) is 0. The largest absolute Gasteiger partial charge is 0.427 e. The van der Waals surface area contributed by atoms with E-state index in [4.69, 9.17) is 8.85 Å². The van der Waals surface area contributed by atoms with E-state index in [1.807, 2.05) is 0 Å². The van der Waals surface area contributed by atoms with Gasteiger partial charge in [-0.05, 0) is 19.4 Å². The molecule has 0 spiro atoms. The van der Waals surface area contributed by atoms with Crippen molar-refractivity contribution in [3.05, 3.63) is 0 Å². The van der Waals surface area contributed by atoms with Gasteiger partial charge in [-0.25, -0.2) is 0 Å². The second kappa shape index (κ2) is 6.47. The fourth-order valence-electron chi connectivity index (χ4n) is 3.04. The molecule has 1 heterocycles. The molecule has 1 atom stereocenters. The quantitative estimate of drug-likeness (QED) is 0.696. The maximum atomic E-state index is 12.6. The lowest BCUT2D eigenvalue weighted by Crippen LogP contribution is -2.64. The first-order valence-corrected chi connectivity index (χ1v) is 12.5. The highest BCUT2D eigenvalue weighted by atomic mass is 28.4. The molecule has 1 aliphatic heterocycles. The van der Waals surface area contributed by atoms with E-state index in [-0.39, 0.29) is 6.04 Å². The molecule has 8 heteroatoms. The van der Waals surface area contributed by atoms with Gasteiger partial charge in [-0.3, -0.25) is 4.57 Å². The lowest BCUT2D eigenvalue weighted by molar-refractivity contribution is -0.132. The van der Waals surface area contributed by atoms with E-state index in [0.717, 1.165) is 19.4 Å². The molecule has 0 aliphatic carbocycles. The summed E-state index contributed by atoms with van der Waals surface area (Å²) in [7, 11) is -1.45. The number of halogens is 3. The Morgan fingerprint density at radius 2 is 1.70 bits per heavy atom. The van der Waals surface area contributed by atoms with Crippen LogP contribution >= 0.6 is 0 Å². The Balaban J connectivity index is 2.94. The third-order valence-electron chi connectivity index (χ3n) is 4.05. The second-order valence-corrected chi connectivity index (χ2v) is 15.2. The average Bonchev–Trinajstić information content (AvgIpc) is 2.79.